The van der Waals surface area contributed by atoms with E-state index >= 15 is 0 Å². The highest BCUT2D eigenvalue weighted by Gasteiger charge is 2.45. The van der Waals surface area contributed by atoms with Gasteiger partial charge >= 0.3 is 6.09 Å². The second kappa shape index (κ2) is 11.2. The smallest absolute Gasteiger partial charge is 0.410 e. The fourth-order valence-corrected chi connectivity index (χ4v) is 5.17. The van der Waals surface area contributed by atoms with Crippen molar-refractivity contribution in [3.63, 3.8) is 0 Å². The SMILES string of the molecule is CN=C(NCCN(C)C1CCCC1)NC1CC2CCC(C1)N2C(=O)OC(C)(C)C.I. The lowest BCUT2D eigenvalue weighted by Crippen LogP contribution is -2.55. The van der Waals surface area contributed by atoms with Crippen LogP contribution >= 0.6 is 24.0 Å². The summed E-state index contributed by atoms with van der Waals surface area (Å²) in [5.74, 6) is 0.875. The van der Waals surface area contributed by atoms with Crippen LogP contribution in [0.25, 0.3) is 0 Å². The minimum absolute atomic E-state index is 0. The number of hydrogen-bond acceptors (Lipinski definition) is 4. The number of fused-ring (bicyclic) bond motifs is 2. The minimum Gasteiger partial charge on any atom is -0.444 e. The van der Waals surface area contributed by atoms with Crippen LogP contribution in [0.2, 0.25) is 0 Å². The van der Waals surface area contributed by atoms with Crippen molar-refractivity contribution in [2.45, 2.75) is 102 Å². The fourth-order valence-electron chi connectivity index (χ4n) is 5.17. The average Bonchev–Trinajstić information content (AvgIpc) is 3.26. The number of piperidine rings is 1. The van der Waals surface area contributed by atoms with Crippen LogP contribution in [0.3, 0.4) is 0 Å². The van der Waals surface area contributed by atoms with Gasteiger partial charge in [0.25, 0.3) is 0 Å². The van der Waals surface area contributed by atoms with E-state index in [1.54, 1.807) is 0 Å². The Morgan fingerprint density at radius 2 is 1.73 bits per heavy atom. The molecule has 0 aromatic carbocycles. The molecule has 2 N–H and O–H groups in total. The second-order valence-electron chi connectivity index (χ2n) is 10.0. The van der Waals surface area contributed by atoms with E-state index in [1.807, 2.05) is 32.7 Å². The van der Waals surface area contributed by atoms with Gasteiger partial charge in [-0.1, -0.05) is 12.8 Å². The molecule has 0 spiro atoms. The van der Waals surface area contributed by atoms with Crippen LogP contribution in [0.1, 0.15) is 72.1 Å². The summed E-state index contributed by atoms with van der Waals surface area (Å²) in [6.45, 7) is 7.73. The highest BCUT2D eigenvalue weighted by Crippen LogP contribution is 2.36. The number of aliphatic imine (C=N–C) groups is 1. The summed E-state index contributed by atoms with van der Waals surface area (Å²) in [7, 11) is 4.07. The van der Waals surface area contributed by atoms with Gasteiger partial charge in [-0.2, -0.15) is 0 Å². The molecule has 3 fully saturated rings. The first-order valence-corrected chi connectivity index (χ1v) is 11.5. The zero-order valence-electron chi connectivity index (χ0n) is 19.4. The molecular weight excluding hydrogens is 493 g/mol. The third-order valence-corrected chi connectivity index (χ3v) is 6.61. The first-order valence-electron chi connectivity index (χ1n) is 11.5. The predicted octanol–water partition coefficient (Wildman–Crippen LogP) is 3.57. The average molecular weight is 536 g/mol. The standard InChI is InChI=1S/C22H41N5O2.HI/c1-22(2,3)29-21(28)27-18-10-11-19(27)15-16(14-18)25-20(23-4)24-12-13-26(5)17-8-6-7-9-17;/h16-19H,6-15H2,1-5H3,(H2,23,24,25);1H. The number of nitrogens with zero attached hydrogens (tertiary/aromatic N) is 3. The van der Waals surface area contributed by atoms with Gasteiger partial charge in [-0.25, -0.2) is 4.79 Å². The second-order valence-corrected chi connectivity index (χ2v) is 10.0. The van der Waals surface area contributed by atoms with Crippen molar-refractivity contribution < 1.29 is 9.53 Å². The molecule has 0 aromatic rings. The lowest BCUT2D eigenvalue weighted by molar-refractivity contribution is 0.00545. The van der Waals surface area contributed by atoms with Gasteiger partial charge in [-0.3, -0.25) is 4.99 Å². The first kappa shape index (κ1) is 25.5. The summed E-state index contributed by atoms with van der Waals surface area (Å²) in [6, 6.07) is 1.64. The normalized spacial score (nSPS) is 27.2. The number of guanidine groups is 1. The Bertz CT molecular complexity index is 575. The number of rotatable bonds is 5. The Morgan fingerprint density at radius 3 is 2.27 bits per heavy atom. The topological polar surface area (TPSA) is 69.2 Å². The van der Waals surface area contributed by atoms with Gasteiger partial charge in [0.05, 0.1) is 0 Å². The van der Waals surface area contributed by atoms with Crippen molar-refractivity contribution in [1.82, 2.24) is 20.4 Å². The van der Waals surface area contributed by atoms with Gasteiger partial charge in [-0.15, -0.1) is 24.0 Å². The zero-order chi connectivity index (χ0) is 21.0. The van der Waals surface area contributed by atoms with Crippen molar-refractivity contribution in [3.05, 3.63) is 0 Å². The number of carbonyl (C=O) groups is 1. The Balaban J connectivity index is 0.00000320. The quantitative estimate of drug-likeness (QED) is 0.320. The molecule has 2 aliphatic heterocycles. The Hall–Kier alpha value is -0.770. The van der Waals surface area contributed by atoms with Gasteiger partial charge in [-0.05, 0) is 66.3 Å². The summed E-state index contributed by atoms with van der Waals surface area (Å²) < 4.78 is 5.64. The molecule has 0 aromatic heterocycles. The summed E-state index contributed by atoms with van der Waals surface area (Å²) >= 11 is 0. The lowest BCUT2D eigenvalue weighted by atomic mass is 9.98. The van der Waals surface area contributed by atoms with Crippen LogP contribution in [0.15, 0.2) is 4.99 Å². The van der Waals surface area contributed by atoms with Crippen LogP contribution in [0.5, 0.6) is 0 Å². The fraction of sp³-hybridized carbons (Fsp3) is 0.909. The number of halogens is 1. The predicted molar refractivity (Wildman–Crippen MR) is 133 cm³/mol. The molecule has 2 saturated heterocycles. The number of amides is 1. The summed E-state index contributed by atoms with van der Waals surface area (Å²) in [5.41, 5.74) is -0.441. The highest BCUT2D eigenvalue weighted by molar-refractivity contribution is 14.0. The largest absolute Gasteiger partial charge is 0.444 e. The van der Waals surface area contributed by atoms with Crippen LogP contribution in [-0.4, -0.2) is 78.8 Å². The molecule has 2 heterocycles. The Kier molecular flexibility index (Phi) is 9.52. The van der Waals surface area contributed by atoms with Crippen LogP contribution in [-0.2, 0) is 4.74 Å². The van der Waals surface area contributed by atoms with E-state index in [0.29, 0.717) is 6.04 Å². The molecule has 2 unspecified atom stereocenters. The molecule has 1 aliphatic carbocycles. The van der Waals surface area contributed by atoms with Crippen molar-refractivity contribution in [1.29, 1.82) is 0 Å². The monoisotopic (exact) mass is 535 g/mol. The molecule has 1 amide bonds. The molecule has 0 radical (unpaired) electrons. The summed E-state index contributed by atoms with van der Waals surface area (Å²) in [6.07, 6.45) is 9.31. The van der Waals surface area contributed by atoms with Crippen molar-refractivity contribution in [2.75, 3.05) is 27.2 Å². The first-order chi connectivity index (χ1) is 13.8. The zero-order valence-corrected chi connectivity index (χ0v) is 21.8. The number of likely N-dealkylation sites (N-methyl/N-ethyl adjacent to an activating group) is 1. The van der Waals surface area contributed by atoms with Gasteiger partial charge in [0.1, 0.15) is 5.60 Å². The maximum absolute atomic E-state index is 12.6. The Labute approximate surface area is 199 Å². The number of hydrogen-bond donors (Lipinski definition) is 2. The third-order valence-electron chi connectivity index (χ3n) is 6.61. The summed E-state index contributed by atoms with van der Waals surface area (Å²) in [5, 5.41) is 7.08. The van der Waals surface area contributed by atoms with Crippen LogP contribution < -0.4 is 10.6 Å². The molecule has 2 bridgehead atoms. The highest BCUT2D eigenvalue weighted by atomic mass is 127. The molecule has 8 heteroatoms. The van der Waals surface area contributed by atoms with Crippen molar-refractivity contribution in [2.24, 2.45) is 4.99 Å². The van der Waals surface area contributed by atoms with Gasteiger partial charge < -0.3 is 25.2 Å². The van der Waals surface area contributed by atoms with E-state index < -0.39 is 5.60 Å². The molecule has 174 valence electrons. The number of carbonyl (C=O) groups excluding carboxylic acids is 1. The number of nitrogens with one attached hydrogen (secondary N) is 2. The van der Waals surface area contributed by atoms with E-state index in [1.165, 1.54) is 25.7 Å². The number of ether oxygens (including phenoxy) is 1. The van der Waals surface area contributed by atoms with Gasteiger partial charge in [0, 0.05) is 44.3 Å². The molecular formula is C22H42IN5O2. The molecule has 7 nitrogen and oxygen atoms in total. The van der Waals surface area contributed by atoms with E-state index in [4.69, 9.17) is 4.74 Å². The Morgan fingerprint density at radius 1 is 1.13 bits per heavy atom. The molecule has 2 atom stereocenters. The van der Waals surface area contributed by atoms with Crippen LogP contribution in [0, 0.1) is 0 Å². The molecule has 3 rings (SSSR count). The molecule has 1 saturated carbocycles. The molecule has 30 heavy (non-hydrogen) atoms. The van der Waals surface area contributed by atoms with Crippen molar-refractivity contribution >= 4 is 36.0 Å². The van der Waals surface area contributed by atoms with Gasteiger partial charge in [0.15, 0.2) is 5.96 Å². The summed E-state index contributed by atoms with van der Waals surface area (Å²) in [4.78, 5) is 21.5. The van der Waals surface area contributed by atoms with E-state index in [2.05, 4.69) is 27.6 Å². The lowest BCUT2D eigenvalue weighted by Gasteiger charge is -2.40. The van der Waals surface area contributed by atoms with E-state index in [9.17, 15) is 4.79 Å². The van der Waals surface area contributed by atoms with Crippen LogP contribution in [0.4, 0.5) is 4.79 Å². The van der Waals surface area contributed by atoms with E-state index in [-0.39, 0.29) is 42.2 Å². The van der Waals surface area contributed by atoms with Gasteiger partial charge in [0.2, 0.25) is 0 Å². The maximum Gasteiger partial charge on any atom is 0.410 e. The maximum atomic E-state index is 12.6. The third kappa shape index (κ3) is 6.87. The minimum atomic E-state index is -0.441. The van der Waals surface area contributed by atoms with Crippen molar-refractivity contribution in [3.8, 4) is 0 Å². The van der Waals surface area contributed by atoms with E-state index in [0.717, 1.165) is 50.8 Å². The molecule has 3 aliphatic rings.